The first-order valence-electron chi connectivity index (χ1n) is 9.97. The van der Waals surface area contributed by atoms with Crippen molar-refractivity contribution in [1.29, 1.82) is 0 Å². The summed E-state index contributed by atoms with van der Waals surface area (Å²) >= 11 is 0. The molecule has 1 aromatic heterocycles. The van der Waals surface area contributed by atoms with E-state index in [-0.39, 0.29) is 35.9 Å². The Kier molecular flexibility index (Phi) is 10.2. The first-order chi connectivity index (χ1) is 13.7. The number of hydrogen-bond donors (Lipinski definition) is 3. The van der Waals surface area contributed by atoms with Gasteiger partial charge >= 0.3 is 0 Å². The van der Waals surface area contributed by atoms with E-state index in [1.807, 2.05) is 57.5 Å². The monoisotopic (exact) mass is 527 g/mol. The van der Waals surface area contributed by atoms with Gasteiger partial charge in [0.25, 0.3) is 0 Å². The minimum absolute atomic E-state index is 0. The molecule has 2 rings (SSSR count). The van der Waals surface area contributed by atoms with E-state index in [2.05, 4.69) is 50.2 Å². The minimum Gasteiger partial charge on any atom is -0.356 e. The van der Waals surface area contributed by atoms with Crippen molar-refractivity contribution in [1.82, 2.24) is 30.7 Å². The predicted octanol–water partition coefficient (Wildman–Crippen LogP) is 2.70. The number of benzene rings is 1. The van der Waals surface area contributed by atoms with Gasteiger partial charge in [-0.25, -0.2) is 4.99 Å². The lowest BCUT2D eigenvalue weighted by Gasteiger charge is -2.26. The van der Waals surface area contributed by atoms with E-state index in [1.165, 1.54) is 0 Å². The lowest BCUT2D eigenvalue weighted by atomic mass is 9.92. The maximum atomic E-state index is 12.3. The average Bonchev–Trinajstić information content (AvgIpc) is 3.02. The van der Waals surface area contributed by atoms with Crippen molar-refractivity contribution in [3.05, 3.63) is 47.5 Å². The van der Waals surface area contributed by atoms with Gasteiger partial charge in [-0.3, -0.25) is 4.79 Å². The molecule has 1 heterocycles. The number of aromatic nitrogens is 3. The van der Waals surface area contributed by atoms with Gasteiger partial charge in [-0.05, 0) is 40.2 Å². The second kappa shape index (κ2) is 11.9. The SMILES string of the molecule is CCNC(=O)C(C)(C)CNC(=NCc1nnc(C)n1C)NC(C)c1ccccc1.I. The number of amides is 1. The maximum absolute atomic E-state index is 12.3. The first kappa shape index (κ1) is 25.9. The van der Waals surface area contributed by atoms with E-state index in [9.17, 15) is 4.79 Å². The van der Waals surface area contributed by atoms with Crippen molar-refractivity contribution >= 4 is 35.8 Å². The highest BCUT2D eigenvalue weighted by atomic mass is 127. The van der Waals surface area contributed by atoms with Gasteiger partial charge in [0.1, 0.15) is 12.4 Å². The standard InChI is InChI=1S/C21H33N7O.HI/c1-7-22-19(29)21(4,5)14-24-20(23-13-18-27-26-16(3)28(18)6)25-15(2)17-11-9-8-10-12-17;/h8-12,15H,7,13-14H2,1-6H3,(H,22,29)(H2,23,24,25);1H. The molecular weight excluding hydrogens is 493 g/mol. The number of aliphatic imine (C=N–C) groups is 1. The van der Waals surface area contributed by atoms with Crippen molar-refractivity contribution in [2.75, 3.05) is 13.1 Å². The van der Waals surface area contributed by atoms with Crippen LogP contribution in [-0.4, -0.2) is 39.7 Å². The van der Waals surface area contributed by atoms with Gasteiger partial charge in [-0.2, -0.15) is 0 Å². The zero-order chi connectivity index (χ0) is 21.4. The fourth-order valence-electron chi connectivity index (χ4n) is 2.71. The first-order valence-corrected chi connectivity index (χ1v) is 9.97. The van der Waals surface area contributed by atoms with Crippen LogP contribution in [0.3, 0.4) is 0 Å². The zero-order valence-electron chi connectivity index (χ0n) is 18.7. The lowest BCUT2D eigenvalue weighted by Crippen LogP contribution is -2.48. The van der Waals surface area contributed by atoms with E-state index >= 15 is 0 Å². The maximum Gasteiger partial charge on any atom is 0.227 e. The van der Waals surface area contributed by atoms with E-state index in [0.717, 1.165) is 17.2 Å². The Balaban J connectivity index is 0.00000450. The molecule has 1 aromatic carbocycles. The molecule has 1 amide bonds. The van der Waals surface area contributed by atoms with Gasteiger partial charge in [0.15, 0.2) is 11.8 Å². The van der Waals surface area contributed by atoms with Crippen LogP contribution in [0.15, 0.2) is 35.3 Å². The van der Waals surface area contributed by atoms with Gasteiger partial charge in [0.2, 0.25) is 5.91 Å². The highest BCUT2D eigenvalue weighted by Crippen LogP contribution is 2.14. The number of rotatable bonds is 8. The molecule has 1 unspecified atom stereocenters. The van der Waals surface area contributed by atoms with E-state index < -0.39 is 5.41 Å². The van der Waals surface area contributed by atoms with Crippen molar-refractivity contribution < 1.29 is 4.79 Å². The van der Waals surface area contributed by atoms with E-state index in [4.69, 9.17) is 0 Å². The van der Waals surface area contributed by atoms with Crippen LogP contribution >= 0.6 is 24.0 Å². The van der Waals surface area contributed by atoms with E-state index in [1.54, 1.807) is 0 Å². The van der Waals surface area contributed by atoms with Gasteiger partial charge in [-0.15, -0.1) is 34.2 Å². The quantitative estimate of drug-likeness (QED) is 0.279. The topological polar surface area (TPSA) is 96.2 Å². The number of aryl methyl sites for hydroxylation is 1. The van der Waals surface area contributed by atoms with Crippen LogP contribution in [0.5, 0.6) is 0 Å². The van der Waals surface area contributed by atoms with Crippen LogP contribution in [0, 0.1) is 12.3 Å². The molecular formula is C21H34IN7O. The number of halogens is 1. The number of hydrogen-bond acceptors (Lipinski definition) is 4. The summed E-state index contributed by atoms with van der Waals surface area (Å²) in [5.74, 6) is 2.25. The molecule has 166 valence electrons. The van der Waals surface area contributed by atoms with Gasteiger partial charge in [0.05, 0.1) is 11.5 Å². The Hall–Kier alpha value is -2.17. The molecule has 1 atom stereocenters. The molecule has 0 bridgehead atoms. The van der Waals surface area contributed by atoms with Crippen LogP contribution in [0.4, 0.5) is 0 Å². The Morgan fingerprint density at radius 1 is 1.20 bits per heavy atom. The normalized spacial score (nSPS) is 12.7. The van der Waals surface area contributed by atoms with E-state index in [0.29, 0.717) is 25.6 Å². The van der Waals surface area contributed by atoms with Crippen LogP contribution in [0.1, 0.15) is 50.9 Å². The summed E-state index contributed by atoms with van der Waals surface area (Å²) in [6.07, 6.45) is 0. The molecule has 0 radical (unpaired) electrons. The molecule has 8 nitrogen and oxygen atoms in total. The van der Waals surface area contributed by atoms with Gasteiger partial charge in [-0.1, -0.05) is 30.3 Å². The molecule has 0 aliphatic carbocycles. The summed E-state index contributed by atoms with van der Waals surface area (Å²) in [5.41, 5.74) is 0.579. The third-order valence-corrected chi connectivity index (χ3v) is 4.86. The number of nitrogens with zero attached hydrogens (tertiary/aromatic N) is 4. The van der Waals surface area contributed by atoms with Crippen molar-refractivity contribution in [2.45, 2.75) is 47.2 Å². The summed E-state index contributed by atoms with van der Waals surface area (Å²) in [6, 6.07) is 10.2. The average molecular weight is 527 g/mol. The van der Waals surface area contributed by atoms with Gasteiger partial charge < -0.3 is 20.5 Å². The highest BCUT2D eigenvalue weighted by molar-refractivity contribution is 14.0. The molecule has 0 aliphatic rings. The molecule has 30 heavy (non-hydrogen) atoms. The van der Waals surface area contributed by atoms with Crippen molar-refractivity contribution in [3.63, 3.8) is 0 Å². The predicted molar refractivity (Wildman–Crippen MR) is 131 cm³/mol. The summed E-state index contributed by atoms with van der Waals surface area (Å²) in [5, 5.41) is 17.9. The number of carbonyl (C=O) groups is 1. The second-order valence-corrected chi connectivity index (χ2v) is 7.76. The second-order valence-electron chi connectivity index (χ2n) is 7.76. The summed E-state index contributed by atoms with van der Waals surface area (Å²) in [4.78, 5) is 17.0. The molecule has 0 saturated heterocycles. The molecule has 3 N–H and O–H groups in total. The lowest BCUT2D eigenvalue weighted by molar-refractivity contribution is -0.128. The van der Waals surface area contributed by atoms with Crippen LogP contribution in [0.2, 0.25) is 0 Å². The van der Waals surface area contributed by atoms with Crippen LogP contribution in [0.25, 0.3) is 0 Å². The molecule has 0 fully saturated rings. The summed E-state index contributed by atoms with van der Waals surface area (Å²) < 4.78 is 1.92. The molecule has 9 heteroatoms. The Morgan fingerprint density at radius 2 is 1.87 bits per heavy atom. The van der Waals surface area contributed by atoms with Crippen LogP contribution < -0.4 is 16.0 Å². The van der Waals surface area contributed by atoms with Crippen molar-refractivity contribution in [2.24, 2.45) is 17.5 Å². The minimum atomic E-state index is -0.574. The summed E-state index contributed by atoms with van der Waals surface area (Å²) in [7, 11) is 1.92. The number of guanidine groups is 1. The molecule has 0 aliphatic heterocycles. The van der Waals surface area contributed by atoms with Crippen LogP contribution in [-0.2, 0) is 18.4 Å². The largest absolute Gasteiger partial charge is 0.356 e. The third-order valence-electron chi connectivity index (χ3n) is 4.86. The molecule has 0 spiro atoms. The number of carbonyl (C=O) groups excluding carboxylic acids is 1. The molecule has 0 saturated carbocycles. The Bertz CT molecular complexity index is 833. The highest BCUT2D eigenvalue weighted by Gasteiger charge is 2.27. The smallest absolute Gasteiger partial charge is 0.227 e. The van der Waals surface area contributed by atoms with Crippen molar-refractivity contribution in [3.8, 4) is 0 Å². The Morgan fingerprint density at radius 3 is 2.43 bits per heavy atom. The third kappa shape index (κ3) is 7.26. The summed E-state index contributed by atoms with van der Waals surface area (Å²) in [6.45, 7) is 11.2. The Labute approximate surface area is 196 Å². The zero-order valence-corrected chi connectivity index (χ0v) is 21.0. The van der Waals surface area contributed by atoms with Gasteiger partial charge in [0, 0.05) is 20.1 Å². The number of nitrogens with one attached hydrogen (secondary N) is 3. The molecule has 2 aromatic rings. The fraction of sp³-hybridized carbons (Fsp3) is 0.524. The fourth-order valence-corrected chi connectivity index (χ4v) is 2.71.